The molecule has 0 spiro atoms. The number of aromatic nitrogens is 3. The molecule has 0 fully saturated rings. The molecule has 3 heteroatoms. The van der Waals surface area contributed by atoms with Crippen LogP contribution >= 0.6 is 0 Å². The lowest BCUT2D eigenvalue weighted by atomic mass is 10.1. The van der Waals surface area contributed by atoms with Gasteiger partial charge in [-0.15, -0.1) is 0 Å². The van der Waals surface area contributed by atoms with Crippen molar-refractivity contribution >= 4 is 16.6 Å². The summed E-state index contributed by atoms with van der Waals surface area (Å²) in [5.41, 5.74) is 4.93. The predicted octanol–water partition coefficient (Wildman–Crippen LogP) is 2.75. The second-order valence-corrected chi connectivity index (χ2v) is 5.26. The third-order valence-electron chi connectivity index (χ3n) is 4.20. The van der Waals surface area contributed by atoms with E-state index in [1.54, 1.807) is 0 Å². The number of pyridine rings is 1. The molecule has 3 aromatic heterocycles. The molecule has 0 unspecified atom stereocenters. The first-order valence-corrected chi connectivity index (χ1v) is 6.68. The SMILES string of the molecule is [2H]C([2H])([2H])n1c2[n+](c3c1cn1ccccc31)Cc1ccccc1-2. The van der Waals surface area contributed by atoms with Crippen LogP contribution in [0.5, 0.6) is 0 Å². The lowest BCUT2D eigenvalue weighted by Gasteiger charge is -1.94. The molecule has 4 heterocycles. The molecule has 0 aliphatic carbocycles. The zero-order chi connectivity index (χ0) is 15.8. The summed E-state index contributed by atoms with van der Waals surface area (Å²) in [5, 5.41) is 0. The maximum absolute atomic E-state index is 8.03. The summed E-state index contributed by atoms with van der Waals surface area (Å²) < 4.78 is 29.7. The van der Waals surface area contributed by atoms with Gasteiger partial charge in [0.15, 0.2) is 5.52 Å². The van der Waals surface area contributed by atoms with E-state index in [-0.39, 0.29) is 0 Å². The molecule has 96 valence electrons. The van der Waals surface area contributed by atoms with Gasteiger partial charge in [0.2, 0.25) is 5.52 Å². The van der Waals surface area contributed by atoms with Crippen molar-refractivity contribution in [2.75, 3.05) is 0 Å². The molecule has 4 aromatic rings. The number of benzene rings is 1. The van der Waals surface area contributed by atoms with Crippen LogP contribution in [0.4, 0.5) is 0 Å². The van der Waals surface area contributed by atoms with Gasteiger partial charge in [0, 0.05) is 11.8 Å². The lowest BCUT2D eigenvalue weighted by Crippen LogP contribution is -2.31. The molecule has 0 atom stereocenters. The van der Waals surface area contributed by atoms with E-state index in [0.717, 1.165) is 33.5 Å². The van der Waals surface area contributed by atoms with Crippen molar-refractivity contribution in [3.8, 4) is 11.4 Å². The minimum atomic E-state index is -2.22. The lowest BCUT2D eigenvalue weighted by molar-refractivity contribution is -0.645. The fourth-order valence-corrected chi connectivity index (χ4v) is 3.34. The van der Waals surface area contributed by atoms with Crippen LogP contribution in [0.1, 0.15) is 9.68 Å². The Bertz CT molecular complexity index is 1090. The van der Waals surface area contributed by atoms with Crippen molar-refractivity contribution < 1.29 is 8.68 Å². The molecule has 0 saturated carbocycles. The highest BCUT2D eigenvalue weighted by molar-refractivity contribution is 5.91. The number of rotatable bonds is 0. The summed E-state index contributed by atoms with van der Waals surface area (Å²) in [4.78, 5) is 0. The van der Waals surface area contributed by atoms with Gasteiger partial charge < -0.3 is 4.40 Å². The first-order valence-electron chi connectivity index (χ1n) is 8.18. The standard InChI is InChI=1S/C17H14N3/c1-18-15-11-19-9-5-4-8-14(19)16(15)20-10-12-6-2-3-7-13(12)17(18)20/h2-9,11H,10H2,1H3/q+1/i1D3. The van der Waals surface area contributed by atoms with Gasteiger partial charge in [-0.3, -0.25) is 0 Å². The van der Waals surface area contributed by atoms with Crippen LogP contribution in [0.25, 0.3) is 27.9 Å². The first kappa shape index (κ1) is 7.90. The quantitative estimate of drug-likeness (QED) is 0.381. The van der Waals surface area contributed by atoms with Crippen molar-refractivity contribution in [3.05, 3.63) is 60.4 Å². The van der Waals surface area contributed by atoms with Gasteiger partial charge in [0.05, 0.1) is 28.4 Å². The molecule has 0 N–H and O–H groups in total. The monoisotopic (exact) mass is 263 g/mol. The highest BCUT2D eigenvalue weighted by atomic mass is 15.2. The largest absolute Gasteiger partial charge is 0.316 e. The highest BCUT2D eigenvalue weighted by Gasteiger charge is 2.33. The minimum absolute atomic E-state index is 0.708. The smallest absolute Gasteiger partial charge is 0.290 e. The highest BCUT2D eigenvalue weighted by Crippen LogP contribution is 2.32. The topological polar surface area (TPSA) is 13.2 Å². The molecule has 0 bridgehead atoms. The molecule has 1 aliphatic rings. The third kappa shape index (κ3) is 1.05. The van der Waals surface area contributed by atoms with Crippen LogP contribution in [-0.2, 0) is 13.5 Å². The Labute approximate surface area is 120 Å². The van der Waals surface area contributed by atoms with Crippen molar-refractivity contribution in [1.29, 1.82) is 0 Å². The average Bonchev–Trinajstić information content (AvgIpc) is 3.12. The summed E-state index contributed by atoms with van der Waals surface area (Å²) in [6.07, 6.45) is 3.86. The molecule has 3 nitrogen and oxygen atoms in total. The Kier molecular flexibility index (Phi) is 1.31. The maximum atomic E-state index is 8.03. The summed E-state index contributed by atoms with van der Waals surface area (Å²) in [7, 11) is 0. The fraction of sp³-hybridized carbons (Fsp3) is 0.118. The summed E-state index contributed by atoms with van der Waals surface area (Å²) in [6, 6.07) is 14.0. The molecule has 20 heavy (non-hydrogen) atoms. The van der Waals surface area contributed by atoms with Crippen LogP contribution < -0.4 is 4.57 Å². The van der Waals surface area contributed by atoms with Crippen molar-refractivity contribution in [2.24, 2.45) is 6.98 Å². The van der Waals surface area contributed by atoms with Gasteiger partial charge >= 0.3 is 0 Å². The summed E-state index contributed by atoms with van der Waals surface area (Å²) >= 11 is 0. The van der Waals surface area contributed by atoms with Gasteiger partial charge in [-0.25, -0.2) is 9.13 Å². The Balaban J connectivity index is 2.01. The van der Waals surface area contributed by atoms with Crippen LogP contribution in [-0.4, -0.2) is 8.97 Å². The van der Waals surface area contributed by atoms with E-state index in [9.17, 15) is 0 Å². The molecular formula is C17H14N3+. The Morgan fingerprint density at radius 2 is 2.00 bits per heavy atom. The van der Waals surface area contributed by atoms with Gasteiger partial charge in [0.1, 0.15) is 6.54 Å². The maximum Gasteiger partial charge on any atom is 0.290 e. The molecule has 0 amide bonds. The molecule has 1 aliphatic heterocycles. The van der Waals surface area contributed by atoms with Gasteiger partial charge in [-0.2, -0.15) is 0 Å². The Morgan fingerprint density at radius 1 is 1.10 bits per heavy atom. The van der Waals surface area contributed by atoms with Gasteiger partial charge in [-0.05, 0) is 18.2 Å². The van der Waals surface area contributed by atoms with Gasteiger partial charge in [0.25, 0.3) is 5.82 Å². The molecule has 5 rings (SSSR count). The van der Waals surface area contributed by atoms with Crippen LogP contribution in [0.2, 0.25) is 0 Å². The number of aryl methyl sites for hydroxylation is 1. The van der Waals surface area contributed by atoms with Crippen LogP contribution in [0.3, 0.4) is 0 Å². The number of hydrogen-bond acceptors (Lipinski definition) is 0. The van der Waals surface area contributed by atoms with E-state index in [1.165, 1.54) is 4.57 Å². The second-order valence-electron chi connectivity index (χ2n) is 5.26. The number of fused-ring (bicyclic) bond motifs is 7. The van der Waals surface area contributed by atoms with E-state index < -0.39 is 6.98 Å². The van der Waals surface area contributed by atoms with E-state index in [4.69, 9.17) is 4.11 Å². The van der Waals surface area contributed by atoms with Gasteiger partial charge in [-0.1, -0.05) is 24.3 Å². The Morgan fingerprint density at radius 3 is 2.95 bits per heavy atom. The summed E-state index contributed by atoms with van der Waals surface area (Å²) in [6.45, 7) is -1.51. The van der Waals surface area contributed by atoms with E-state index >= 15 is 0 Å². The fourth-order valence-electron chi connectivity index (χ4n) is 3.34. The van der Waals surface area contributed by atoms with E-state index in [0.29, 0.717) is 6.54 Å². The normalized spacial score (nSPS) is 15.9. The molecule has 0 saturated heterocycles. The Hall–Kier alpha value is -2.55. The van der Waals surface area contributed by atoms with Crippen molar-refractivity contribution in [1.82, 2.24) is 8.97 Å². The zero-order valence-electron chi connectivity index (χ0n) is 13.7. The molecular weight excluding hydrogens is 246 g/mol. The number of nitrogens with zero attached hydrogens (tertiary/aromatic N) is 3. The van der Waals surface area contributed by atoms with Crippen molar-refractivity contribution in [2.45, 2.75) is 6.54 Å². The minimum Gasteiger partial charge on any atom is -0.316 e. The second kappa shape index (κ2) is 3.31. The average molecular weight is 263 g/mol. The van der Waals surface area contributed by atoms with Crippen molar-refractivity contribution in [3.63, 3.8) is 0 Å². The zero-order valence-corrected chi connectivity index (χ0v) is 10.7. The van der Waals surface area contributed by atoms with Crippen LogP contribution in [0, 0.1) is 0 Å². The van der Waals surface area contributed by atoms with E-state index in [1.807, 2.05) is 53.2 Å². The molecule has 1 aromatic carbocycles. The number of imidazole rings is 1. The van der Waals surface area contributed by atoms with Crippen LogP contribution in [0.15, 0.2) is 54.9 Å². The predicted molar refractivity (Wildman–Crippen MR) is 78.6 cm³/mol. The third-order valence-corrected chi connectivity index (χ3v) is 4.20. The summed E-state index contributed by atoms with van der Waals surface area (Å²) in [5.74, 6) is 0.775. The number of hydrogen-bond donors (Lipinski definition) is 0. The van der Waals surface area contributed by atoms with E-state index in [2.05, 4.69) is 10.6 Å². The molecule has 0 radical (unpaired) electrons. The first-order chi connectivity index (χ1) is 11.1.